The summed E-state index contributed by atoms with van der Waals surface area (Å²) in [5.41, 5.74) is 2.57. The third-order valence-electron chi connectivity index (χ3n) is 3.74. The van der Waals surface area contributed by atoms with Gasteiger partial charge in [0.15, 0.2) is 0 Å². The lowest BCUT2D eigenvalue weighted by molar-refractivity contribution is 0.482. The van der Waals surface area contributed by atoms with Gasteiger partial charge in [-0.1, -0.05) is 12.1 Å². The molecule has 1 aliphatic rings. The molecule has 3 nitrogen and oxygen atoms in total. The van der Waals surface area contributed by atoms with Crippen LogP contribution in [0, 0.1) is 6.92 Å². The summed E-state index contributed by atoms with van der Waals surface area (Å²) in [7, 11) is 2.09. The minimum Gasteiger partial charge on any atom is -0.464 e. The highest BCUT2D eigenvalue weighted by atomic mass is 16.3. The molecule has 3 rings (SSSR count). The number of hydrogen-bond donors (Lipinski definition) is 1. The fourth-order valence-corrected chi connectivity index (χ4v) is 2.31. The van der Waals surface area contributed by atoms with Crippen LogP contribution in [0.15, 0.2) is 40.8 Å². The second kappa shape index (κ2) is 5.71. The molecule has 2 aromatic rings. The molecule has 0 bridgehead atoms. The summed E-state index contributed by atoms with van der Waals surface area (Å²) in [6.07, 6.45) is 2.67. The highest BCUT2D eigenvalue weighted by Crippen LogP contribution is 2.21. The molecule has 1 aromatic heterocycles. The molecule has 1 saturated carbocycles. The Morgan fingerprint density at radius 3 is 2.50 bits per heavy atom. The molecule has 0 aliphatic heterocycles. The van der Waals surface area contributed by atoms with Gasteiger partial charge in [0.1, 0.15) is 11.5 Å². The van der Waals surface area contributed by atoms with Crippen molar-refractivity contribution in [3.05, 3.63) is 53.5 Å². The Balaban J connectivity index is 1.57. The van der Waals surface area contributed by atoms with E-state index in [4.69, 9.17) is 4.42 Å². The van der Waals surface area contributed by atoms with Crippen molar-refractivity contribution in [2.24, 2.45) is 0 Å². The van der Waals surface area contributed by atoms with Crippen LogP contribution in [0.4, 0.5) is 5.69 Å². The van der Waals surface area contributed by atoms with Crippen molar-refractivity contribution in [2.75, 3.05) is 11.9 Å². The normalized spacial score (nSPS) is 14.5. The number of nitrogens with one attached hydrogen (secondary N) is 1. The molecule has 1 N–H and O–H groups in total. The second-order valence-electron chi connectivity index (χ2n) is 5.69. The van der Waals surface area contributed by atoms with E-state index in [0.717, 1.165) is 30.7 Å². The molecular formula is C17H22N2O. The van der Waals surface area contributed by atoms with E-state index in [2.05, 4.69) is 41.5 Å². The Hall–Kier alpha value is -1.74. The molecule has 0 saturated heterocycles. The number of hydrogen-bond acceptors (Lipinski definition) is 3. The van der Waals surface area contributed by atoms with Crippen LogP contribution in [-0.4, -0.2) is 13.1 Å². The van der Waals surface area contributed by atoms with Gasteiger partial charge in [0.25, 0.3) is 0 Å². The first kappa shape index (κ1) is 13.3. The Morgan fingerprint density at radius 2 is 1.90 bits per heavy atom. The summed E-state index contributed by atoms with van der Waals surface area (Å²) in [5, 5.41) is 3.54. The molecule has 0 amide bonds. The van der Waals surface area contributed by atoms with Gasteiger partial charge in [-0.25, -0.2) is 0 Å². The summed E-state index contributed by atoms with van der Waals surface area (Å²) >= 11 is 0. The topological polar surface area (TPSA) is 28.4 Å². The smallest absolute Gasteiger partial charge is 0.123 e. The highest BCUT2D eigenvalue weighted by Gasteiger charge is 2.19. The summed E-state index contributed by atoms with van der Waals surface area (Å²) in [6, 6.07) is 13.6. The van der Waals surface area contributed by atoms with Crippen LogP contribution in [0.1, 0.15) is 29.9 Å². The van der Waals surface area contributed by atoms with Crippen molar-refractivity contribution in [3.63, 3.8) is 0 Å². The van der Waals surface area contributed by atoms with Crippen molar-refractivity contribution in [3.8, 4) is 0 Å². The minimum absolute atomic E-state index is 0.763. The predicted octanol–water partition coefficient (Wildman–Crippen LogP) is 3.48. The predicted molar refractivity (Wildman–Crippen MR) is 81.9 cm³/mol. The minimum atomic E-state index is 0.763. The van der Waals surface area contributed by atoms with Gasteiger partial charge in [-0.05, 0) is 49.6 Å². The van der Waals surface area contributed by atoms with Gasteiger partial charge < -0.3 is 14.6 Å². The van der Waals surface area contributed by atoms with E-state index < -0.39 is 0 Å². The van der Waals surface area contributed by atoms with Crippen LogP contribution < -0.4 is 10.2 Å². The zero-order valence-corrected chi connectivity index (χ0v) is 12.2. The Kier molecular flexibility index (Phi) is 3.79. The van der Waals surface area contributed by atoms with E-state index in [1.807, 2.05) is 19.1 Å². The molecule has 1 fully saturated rings. The molecule has 0 unspecified atom stereocenters. The SMILES string of the molecule is Cc1ccc(CN(C)c2ccc(CNC3CC3)cc2)o1. The van der Waals surface area contributed by atoms with Gasteiger partial charge >= 0.3 is 0 Å². The first-order valence-electron chi connectivity index (χ1n) is 7.29. The van der Waals surface area contributed by atoms with Gasteiger partial charge in [0.2, 0.25) is 0 Å². The maximum atomic E-state index is 5.62. The first-order valence-corrected chi connectivity index (χ1v) is 7.29. The second-order valence-corrected chi connectivity index (χ2v) is 5.69. The fourth-order valence-electron chi connectivity index (χ4n) is 2.31. The number of anilines is 1. The maximum Gasteiger partial charge on any atom is 0.123 e. The number of aryl methyl sites for hydroxylation is 1. The van der Waals surface area contributed by atoms with Gasteiger partial charge in [0.05, 0.1) is 6.54 Å². The Morgan fingerprint density at radius 1 is 1.15 bits per heavy atom. The molecule has 0 radical (unpaired) electrons. The summed E-state index contributed by atoms with van der Waals surface area (Å²) < 4.78 is 5.62. The van der Waals surface area contributed by atoms with Gasteiger partial charge in [-0.2, -0.15) is 0 Å². The van der Waals surface area contributed by atoms with Crippen LogP contribution in [0.2, 0.25) is 0 Å². The lowest BCUT2D eigenvalue weighted by Crippen LogP contribution is -2.17. The highest BCUT2D eigenvalue weighted by molar-refractivity contribution is 5.47. The zero-order valence-electron chi connectivity index (χ0n) is 12.2. The molecule has 1 heterocycles. The van der Waals surface area contributed by atoms with E-state index >= 15 is 0 Å². The fraction of sp³-hybridized carbons (Fsp3) is 0.412. The van der Waals surface area contributed by atoms with Crippen LogP contribution >= 0.6 is 0 Å². The van der Waals surface area contributed by atoms with E-state index in [9.17, 15) is 0 Å². The van der Waals surface area contributed by atoms with E-state index in [1.54, 1.807) is 0 Å². The lowest BCUT2D eigenvalue weighted by atomic mass is 10.2. The lowest BCUT2D eigenvalue weighted by Gasteiger charge is -2.18. The average molecular weight is 270 g/mol. The van der Waals surface area contributed by atoms with E-state index in [1.165, 1.54) is 24.1 Å². The summed E-state index contributed by atoms with van der Waals surface area (Å²) in [4.78, 5) is 2.20. The summed E-state index contributed by atoms with van der Waals surface area (Å²) in [6.45, 7) is 3.75. The Bertz CT molecular complexity index is 555. The number of nitrogens with zero attached hydrogens (tertiary/aromatic N) is 1. The van der Waals surface area contributed by atoms with Gasteiger partial charge in [-0.15, -0.1) is 0 Å². The largest absolute Gasteiger partial charge is 0.464 e. The van der Waals surface area contributed by atoms with Crippen LogP contribution in [0.5, 0.6) is 0 Å². The van der Waals surface area contributed by atoms with E-state index in [0.29, 0.717) is 0 Å². The molecule has 1 aliphatic carbocycles. The van der Waals surface area contributed by atoms with Gasteiger partial charge in [-0.3, -0.25) is 0 Å². The third-order valence-corrected chi connectivity index (χ3v) is 3.74. The molecule has 3 heteroatoms. The standard InChI is InChI=1S/C17H22N2O/c1-13-3-10-17(20-13)12-19(2)16-8-4-14(5-9-16)11-18-15-6-7-15/h3-5,8-10,15,18H,6-7,11-12H2,1-2H3. The van der Waals surface area contributed by atoms with Crippen molar-refractivity contribution >= 4 is 5.69 Å². The molecule has 106 valence electrons. The molecule has 1 aromatic carbocycles. The molecule has 20 heavy (non-hydrogen) atoms. The quantitative estimate of drug-likeness (QED) is 0.871. The van der Waals surface area contributed by atoms with Crippen molar-refractivity contribution in [2.45, 2.75) is 38.9 Å². The zero-order chi connectivity index (χ0) is 13.9. The van der Waals surface area contributed by atoms with Crippen LogP contribution in [-0.2, 0) is 13.1 Å². The molecular weight excluding hydrogens is 248 g/mol. The Labute approximate surface area is 120 Å². The average Bonchev–Trinajstić information content (AvgIpc) is 3.20. The number of rotatable bonds is 6. The van der Waals surface area contributed by atoms with Crippen LogP contribution in [0.3, 0.4) is 0 Å². The molecule has 0 spiro atoms. The maximum absolute atomic E-state index is 5.62. The van der Waals surface area contributed by atoms with E-state index in [-0.39, 0.29) is 0 Å². The monoisotopic (exact) mass is 270 g/mol. The number of furan rings is 1. The van der Waals surface area contributed by atoms with Crippen molar-refractivity contribution in [1.82, 2.24) is 5.32 Å². The van der Waals surface area contributed by atoms with Crippen LogP contribution in [0.25, 0.3) is 0 Å². The van der Waals surface area contributed by atoms with Crippen molar-refractivity contribution < 1.29 is 4.42 Å². The van der Waals surface area contributed by atoms with Crippen molar-refractivity contribution in [1.29, 1.82) is 0 Å². The third kappa shape index (κ3) is 3.42. The summed E-state index contributed by atoms with van der Waals surface area (Å²) in [5.74, 6) is 1.97. The first-order chi connectivity index (χ1) is 9.70. The number of benzene rings is 1. The molecule has 0 atom stereocenters. The van der Waals surface area contributed by atoms with Gasteiger partial charge in [0, 0.05) is 25.3 Å².